The maximum absolute atomic E-state index is 4.39. The number of rotatable bonds is 0. The van der Waals surface area contributed by atoms with Gasteiger partial charge in [-0.15, -0.1) is 7.05 Å². The molecular formula is C14H16N4-2. The van der Waals surface area contributed by atoms with Crippen LogP contribution in [0.2, 0.25) is 0 Å². The number of hydrogen-bond donors (Lipinski definition) is 0. The van der Waals surface area contributed by atoms with Gasteiger partial charge in [0.05, 0.1) is 0 Å². The fourth-order valence-corrected chi connectivity index (χ4v) is 3.68. The van der Waals surface area contributed by atoms with Crippen molar-refractivity contribution >= 4 is 11.0 Å². The third-order valence-corrected chi connectivity index (χ3v) is 4.57. The molecule has 94 valence electrons. The van der Waals surface area contributed by atoms with E-state index in [0.29, 0.717) is 0 Å². The molecule has 4 rings (SSSR count). The van der Waals surface area contributed by atoms with Gasteiger partial charge in [0.15, 0.2) is 0 Å². The highest BCUT2D eigenvalue weighted by atomic mass is 15.2. The molecule has 18 heavy (non-hydrogen) atoms. The fourth-order valence-electron chi connectivity index (χ4n) is 3.68. The number of fused-ring (bicyclic) bond motifs is 4. The maximum Gasteiger partial charge on any atom is 0.103 e. The first-order chi connectivity index (χ1) is 8.71. The molecule has 1 aliphatic carbocycles. The van der Waals surface area contributed by atoms with Crippen molar-refractivity contribution in [3.8, 4) is 0 Å². The van der Waals surface area contributed by atoms with Crippen molar-refractivity contribution in [2.24, 2.45) is 0 Å². The average molecular weight is 240 g/mol. The van der Waals surface area contributed by atoms with Crippen LogP contribution in [-0.4, -0.2) is 26.0 Å². The summed E-state index contributed by atoms with van der Waals surface area (Å²) in [5.41, 5.74) is 3.95. The molecule has 4 heteroatoms. The second kappa shape index (κ2) is 3.26. The van der Waals surface area contributed by atoms with E-state index in [1.165, 1.54) is 35.9 Å². The Labute approximate surface area is 107 Å². The van der Waals surface area contributed by atoms with E-state index in [1.54, 1.807) is 6.33 Å². The van der Waals surface area contributed by atoms with E-state index in [2.05, 4.69) is 29.0 Å². The molecule has 0 aromatic carbocycles. The average Bonchev–Trinajstić information content (AvgIpc) is 2.61. The zero-order chi connectivity index (χ0) is 12.3. The third kappa shape index (κ3) is 1.11. The first-order valence-electron chi connectivity index (χ1n) is 6.41. The lowest BCUT2D eigenvalue weighted by Crippen LogP contribution is -2.47. The summed E-state index contributed by atoms with van der Waals surface area (Å²) in [6.45, 7) is 1.91. The molecule has 3 heterocycles. The van der Waals surface area contributed by atoms with Gasteiger partial charge in [-0.3, -0.25) is 12.0 Å². The number of nitrogens with zero attached hydrogens (tertiary/aromatic N) is 4. The highest BCUT2D eigenvalue weighted by Gasteiger charge is 2.42. The maximum atomic E-state index is 4.39. The van der Waals surface area contributed by atoms with Crippen LogP contribution in [0.1, 0.15) is 30.5 Å². The predicted octanol–water partition coefficient (Wildman–Crippen LogP) is 2.10. The lowest BCUT2D eigenvalue weighted by molar-refractivity contribution is 0.146. The van der Waals surface area contributed by atoms with E-state index in [4.69, 9.17) is 0 Å². The molecule has 4 nitrogen and oxygen atoms in total. The van der Waals surface area contributed by atoms with Gasteiger partial charge in [0.2, 0.25) is 0 Å². The van der Waals surface area contributed by atoms with Gasteiger partial charge in [0.25, 0.3) is 0 Å². The van der Waals surface area contributed by atoms with Crippen LogP contribution in [0.4, 0.5) is 0 Å². The lowest BCUT2D eigenvalue weighted by atomic mass is 9.62. The van der Waals surface area contributed by atoms with Gasteiger partial charge in [-0.1, -0.05) is 17.7 Å². The van der Waals surface area contributed by atoms with Crippen LogP contribution in [0.5, 0.6) is 0 Å². The minimum absolute atomic E-state index is 0.279. The number of aromatic nitrogens is 3. The van der Waals surface area contributed by atoms with Gasteiger partial charge >= 0.3 is 0 Å². The van der Waals surface area contributed by atoms with Crippen molar-refractivity contribution in [1.82, 2.24) is 19.4 Å². The largest absolute Gasteiger partial charge is 0.468 e. The summed E-state index contributed by atoms with van der Waals surface area (Å²) in [6, 6.07) is 0. The van der Waals surface area contributed by atoms with E-state index in [-0.39, 0.29) is 5.41 Å². The molecule has 0 atom stereocenters. The molecule has 1 spiro atoms. The molecule has 0 bridgehead atoms. The van der Waals surface area contributed by atoms with Crippen LogP contribution in [0.25, 0.3) is 11.0 Å². The first kappa shape index (κ1) is 10.4. The quantitative estimate of drug-likeness (QED) is 0.661. The summed E-state index contributed by atoms with van der Waals surface area (Å²) >= 11 is 0. The Hall–Kier alpha value is -1.55. The smallest absolute Gasteiger partial charge is 0.103 e. The van der Waals surface area contributed by atoms with Crippen LogP contribution < -0.4 is 0 Å². The molecule has 2 aromatic rings. The van der Waals surface area contributed by atoms with Crippen molar-refractivity contribution in [2.45, 2.75) is 31.2 Å². The van der Waals surface area contributed by atoms with Crippen molar-refractivity contribution in [2.75, 3.05) is 6.54 Å². The Morgan fingerprint density at radius 2 is 2.11 bits per heavy atom. The second-order valence-corrected chi connectivity index (χ2v) is 5.63. The van der Waals surface area contributed by atoms with Gasteiger partial charge in [-0.05, 0) is 36.7 Å². The van der Waals surface area contributed by atoms with E-state index >= 15 is 0 Å². The predicted molar refractivity (Wildman–Crippen MR) is 69.6 cm³/mol. The van der Waals surface area contributed by atoms with E-state index in [1.807, 2.05) is 10.8 Å². The topological polar surface area (TPSA) is 34.0 Å². The number of hydrogen-bond acceptors (Lipinski definition) is 3. The molecule has 2 aliphatic rings. The van der Waals surface area contributed by atoms with Gasteiger partial charge in [0, 0.05) is 11.8 Å². The molecule has 0 saturated heterocycles. The summed E-state index contributed by atoms with van der Waals surface area (Å²) in [5.74, 6) is 0. The highest BCUT2D eigenvalue weighted by Crippen LogP contribution is 2.50. The zero-order valence-electron chi connectivity index (χ0n) is 10.4. The highest BCUT2D eigenvalue weighted by molar-refractivity contribution is 5.83. The Balaban J connectivity index is 2.07. The third-order valence-electron chi connectivity index (χ3n) is 4.57. The van der Waals surface area contributed by atoms with Crippen LogP contribution >= 0.6 is 0 Å². The molecule has 0 unspecified atom stereocenters. The fraction of sp³-hybridized carbons (Fsp3) is 0.429. The molecule has 2 aromatic heterocycles. The molecule has 1 saturated carbocycles. The Morgan fingerprint density at radius 3 is 2.83 bits per heavy atom. The molecule has 0 radical (unpaired) electrons. The summed E-state index contributed by atoms with van der Waals surface area (Å²) in [6.07, 6.45) is 7.36. The summed E-state index contributed by atoms with van der Waals surface area (Å²) in [5, 5.41) is 1.19. The first-order valence-corrected chi connectivity index (χ1v) is 6.41. The molecule has 1 fully saturated rings. The van der Waals surface area contributed by atoms with Gasteiger partial charge in [-0.2, -0.15) is 0 Å². The molecule has 0 N–H and O–H groups in total. The second-order valence-electron chi connectivity index (χ2n) is 5.63. The lowest BCUT2D eigenvalue weighted by Gasteiger charge is -2.53. The Morgan fingerprint density at radius 1 is 1.28 bits per heavy atom. The van der Waals surface area contributed by atoms with Gasteiger partial charge in [-0.25, -0.2) is 4.98 Å². The van der Waals surface area contributed by atoms with E-state index in [9.17, 15) is 0 Å². The normalized spacial score (nSPS) is 22.1. The van der Waals surface area contributed by atoms with E-state index in [0.717, 1.165) is 18.7 Å². The minimum Gasteiger partial charge on any atom is -0.468 e. The van der Waals surface area contributed by atoms with Crippen LogP contribution in [0, 0.1) is 14.1 Å². The zero-order valence-corrected chi connectivity index (χ0v) is 10.4. The van der Waals surface area contributed by atoms with Crippen molar-refractivity contribution in [3.05, 3.63) is 37.9 Å². The standard InChI is InChI=1S/C14H16N4/c1-17-7-11-12(14(8-17)4-3-5-14)10-6-15-9-16-13(10)18(11)2/h6,9H,1-5,7-8H2/q-2. The van der Waals surface area contributed by atoms with Crippen LogP contribution in [0.3, 0.4) is 0 Å². The molecule has 0 amide bonds. The molecular weight excluding hydrogens is 224 g/mol. The van der Waals surface area contributed by atoms with Crippen LogP contribution in [0.15, 0.2) is 12.5 Å². The van der Waals surface area contributed by atoms with Crippen molar-refractivity contribution in [3.63, 3.8) is 0 Å². The van der Waals surface area contributed by atoms with Gasteiger partial charge in [0.1, 0.15) is 6.33 Å². The minimum atomic E-state index is 0.279. The summed E-state index contributed by atoms with van der Waals surface area (Å²) < 4.78 is 1.98. The summed E-state index contributed by atoms with van der Waals surface area (Å²) in [4.78, 5) is 10.7. The van der Waals surface area contributed by atoms with Crippen LogP contribution in [-0.2, 0) is 12.0 Å². The van der Waals surface area contributed by atoms with Gasteiger partial charge < -0.3 is 9.47 Å². The Bertz CT molecular complexity index is 624. The molecule has 1 aliphatic heterocycles. The van der Waals surface area contributed by atoms with Crippen molar-refractivity contribution in [1.29, 1.82) is 0 Å². The van der Waals surface area contributed by atoms with Crippen molar-refractivity contribution < 1.29 is 0 Å². The monoisotopic (exact) mass is 240 g/mol. The SMILES string of the molecule is [CH2-]N1Cc2c(c3cncnc3n2[CH2-])C2(CCC2)C1. The van der Waals surface area contributed by atoms with E-state index < -0.39 is 0 Å². The summed E-state index contributed by atoms with van der Waals surface area (Å²) in [7, 11) is 8.29. The Kier molecular flexibility index (Phi) is 1.88.